The van der Waals surface area contributed by atoms with Crippen LogP contribution >= 0.6 is 0 Å². The van der Waals surface area contributed by atoms with Gasteiger partial charge in [-0.1, -0.05) is 19.8 Å². The summed E-state index contributed by atoms with van der Waals surface area (Å²) in [6.45, 7) is 2.58. The number of nitrogens with zero attached hydrogens (tertiary/aromatic N) is 3. The molecule has 0 aliphatic heterocycles. The molecule has 1 amide bonds. The van der Waals surface area contributed by atoms with E-state index in [2.05, 4.69) is 25.6 Å². The number of pyridine rings is 1. The Hall–Kier alpha value is -3.53. The van der Waals surface area contributed by atoms with Gasteiger partial charge in [0.25, 0.3) is 5.91 Å². The smallest absolute Gasteiger partial charge is 0.252 e. The normalized spacial score (nSPS) is 18.2. The maximum Gasteiger partial charge on any atom is 0.252 e. The number of carbonyl (C=O) groups excluding carboxylic acids is 1. The van der Waals surface area contributed by atoms with Gasteiger partial charge in [0, 0.05) is 17.8 Å². The summed E-state index contributed by atoms with van der Waals surface area (Å²) in [5, 5.41) is 6.17. The van der Waals surface area contributed by atoms with Gasteiger partial charge in [0.1, 0.15) is 5.82 Å². The maximum atomic E-state index is 14.7. The number of hydrogen-bond acceptors (Lipinski definition) is 8. The molecule has 174 valence electrons. The lowest BCUT2D eigenvalue weighted by atomic mass is 9.91. The van der Waals surface area contributed by atoms with Crippen molar-refractivity contribution in [1.29, 1.82) is 0 Å². The van der Waals surface area contributed by atoms with E-state index in [1.165, 1.54) is 0 Å². The van der Waals surface area contributed by atoms with Crippen molar-refractivity contribution in [3.8, 4) is 5.88 Å². The van der Waals surface area contributed by atoms with Gasteiger partial charge in [0.15, 0.2) is 11.6 Å². The fraction of sp³-hybridized carbons (Fsp3) is 0.391. The minimum Gasteiger partial charge on any atom is -0.477 e. The molecule has 1 aliphatic carbocycles. The molecule has 2 atom stereocenters. The first kappa shape index (κ1) is 22.7. The van der Waals surface area contributed by atoms with Crippen LogP contribution in [0.1, 0.15) is 49.4 Å². The summed E-state index contributed by atoms with van der Waals surface area (Å²) in [5.74, 6) is -0.814. The van der Waals surface area contributed by atoms with Gasteiger partial charge in [-0.3, -0.25) is 4.79 Å². The zero-order valence-corrected chi connectivity index (χ0v) is 18.5. The second-order valence-corrected chi connectivity index (χ2v) is 8.16. The number of ether oxygens (including phenoxy) is 1. The van der Waals surface area contributed by atoms with Gasteiger partial charge in [-0.2, -0.15) is 0 Å². The number of anilines is 3. The third-order valence-corrected chi connectivity index (χ3v) is 5.62. The number of rotatable bonds is 8. The van der Waals surface area contributed by atoms with Crippen LogP contribution < -0.4 is 26.8 Å². The van der Waals surface area contributed by atoms with Gasteiger partial charge in [-0.25, -0.2) is 19.3 Å². The number of nitrogens with two attached hydrogens (primary N) is 2. The zero-order valence-electron chi connectivity index (χ0n) is 18.5. The zero-order chi connectivity index (χ0) is 23.4. The van der Waals surface area contributed by atoms with Crippen LogP contribution in [0.25, 0.3) is 11.0 Å². The third kappa shape index (κ3) is 5.28. The molecule has 1 aromatic carbocycles. The predicted molar refractivity (Wildman–Crippen MR) is 125 cm³/mol. The molecule has 1 saturated carbocycles. The van der Waals surface area contributed by atoms with Crippen LogP contribution in [0.3, 0.4) is 0 Å². The molecular weight excluding hydrogens is 425 g/mol. The predicted octanol–water partition coefficient (Wildman–Crippen LogP) is 3.48. The first-order valence-corrected chi connectivity index (χ1v) is 11.1. The van der Waals surface area contributed by atoms with Crippen molar-refractivity contribution >= 4 is 34.3 Å². The van der Waals surface area contributed by atoms with E-state index in [0.29, 0.717) is 29.2 Å². The first-order valence-electron chi connectivity index (χ1n) is 11.1. The van der Waals surface area contributed by atoms with Crippen molar-refractivity contribution in [3.63, 3.8) is 0 Å². The molecule has 0 bridgehead atoms. The molecule has 10 heteroatoms. The van der Waals surface area contributed by atoms with Gasteiger partial charge in [-0.15, -0.1) is 0 Å². The Morgan fingerprint density at radius 3 is 2.76 bits per heavy atom. The Labute approximate surface area is 191 Å². The summed E-state index contributed by atoms with van der Waals surface area (Å²) >= 11 is 0. The summed E-state index contributed by atoms with van der Waals surface area (Å²) < 4.78 is 20.2. The first-order chi connectivity index (χ1) is 15.9. The Balaban J connectivity index is 1.61. The van der Waals surface area contributed by atoms with Crippen LogP contribution in [0, 0.1) is 5.82 Å². The van der Waals surface area contributed by atoms with E-state index in [4.69, 9.17) is 16.2 Å². The topological polar surface area (TPSA) is 141 Å². The standard InChI is InChI=1S/C23H28FN7O2/c1-2-9-33-20-12-27-19-10-13(7-8-18(19)29-20)28-22-14(21(26)32)11-15(24)23(31-22)30-17-6-4-3-5-16(17)25/h7-8,10-12,16-17H,2-6,9,25H2,1H3,(H2,26,32)(H2,28,30,31)/t16?,17-/m1/s1. The molecule has 33 heavy (non-hydrogen) atoms. The third-order valence-electron chi connectivity index (χ3n) is 5.62. The SMILES string of the molecule is CCCOc1cnc2cc(Nc3nc(N[C@@H]4CCCCC4N)c(F)cc3C(N)=O)ccc2n1. The number of halogens is 1. The minimum absolute atomic E-state index is 0.0307. The van der Waals surface area contributed by atoms with Crippen LogP contribution in [0.15, 0.2) is 30.5 Å². The largest absolute Gasteiger partial charge is 0.477 e. The number of aromatic nitrogens is 3. The van der Waals surface area contributed by atoms with Crippen molar-refractivity contribution < 1.29 is 13.9 Å². The van der Waals surface area contributed by atoms with E-state index in [9.17, 15) is 9.18 Å². The second kappa shape index (κ2) is 9.95. The monoisotopic (exact) mass is 453 g/mol. The van der Waals surface area contributed by atoms with Gasteiger partial charge in [0.2, 0.25) is 5.88 Å². The van der Waals surface area contributed by atoms with Crippen molar-refractivity contribution in [2.75, 3.05) is 17.2 Å². The highest BCUT2D eigenvalue weighted by atomic mass is 19.1. The summed E-state index contributed by atoms with van der Waals surface area (Å²) in [6.07, 6.45) is 6.20. The molecule has 2 aromatic heterocycles. The van der Waals surface area contributed by atoms with E-state index in [1.54, 1.807) is 24.4 Å². The number of hydrogen-bond donors (Lipinski definition) is 4. The van der Waals surface area contributed by atoms with Gasteiger partial charge in [-0.05, 0) is 43.5 Å². The molecular formula is C23H28FN7O2. The fourth-order valence-electron chi connectivity index (χ4n) is 3.87. The number of primary amides is 1. The van der Waals surface area contributed by atoms with Crippen LogP contribution in [0.5, 0.6) is 5.88 Å². The van der Waals surface area contributed by atoms with E-state index in [1.807, 2.05) is 6.92 Å². The van der Waals surface area contributed by atoms with Gasteiger partial charge >= 0.3 is 0 Å². The number of benzene rings is 1. The fourth-order valence-corrected chi connectivity index (χ4v) is 3.87. The molecule has 1 fully saturated rings. The quantitative estimate of drug-likeness (QED) is 0.406. The van der Waals surface area contributed by atoms with Crippen molar-refractivity contribution in [2.45, 2.75) is 51.1 Å². The number of fused-ring (bicyclic) bond motifs is 1. The van der Waals surface area contributed by atoms with Crippen molar-refractivity contribution in [1.82, 2.24) is 15.0 Å². The second-order valence-electron chi connectivity index (χ2n) is 8.16. The lowest BCUT2D eigenvalue weighted by molar-refractivity contribution is 0.100. The van der Waals surface area contributed by atoms with Crippen molar-refractivity contribution in [3.05, 3.63) is 41.8 Å². The molecule has 1 aliphatic rings. The molecule has 1 unspecified atom stereocenters. The van der Waals surface area contributed by atoms with E-state index in [-0.39, 0.29) is 29.3 Å². The van der Waals surface area contributed by atoms with Gasteiger partial charge in [0.05, 0.1) is 29.4 Å². The van der Waals surface area contributed by atoms with Crippen LogP contribution in [-0.2, 0) is 0 Å². The summed E-state index contributed by atoms with van der Waals surface area (Å²) in [4.78, 5) is 25.1. The molecule has 2 heterocycles. The molecule has 0 radical (unpaired) electrons. The highest BCUT2D eigenvalue weighted by Crippen LogP contribution is 2.28. The Bertz CT molecular complexity index is 1160. The van der Waals surface area contributed by atoms with E-state index in [0.717, 1.165) is 38.2 Å². The summed E-state index contributed by atoms with van der Waals surface area (Å²) in [5.41, 5.74) is 13.5. The molecule has 0 spiro atoms. The van der Waals surface area contributed by atoms with E-state index >= 15 is 0 Å². The Morgan fingerprint density at radius 2 is 2.00 bits per heavy atom. The number of nitrogens with one attached hydrogen (secondary N) is 2. The summed E-state index contributed by atoms with van der Waals surface area (Å²) in [6, 6.07) is 6.21. The van der Waals surface area contributed by atoms with Crippen LogP contribution in [-0.4, -0.2) is 39.5 Å². The molecule has 3 aromatic rings. The average Bonchev–Trinajstić information content (AvgIpc) is 2.80. The van der Waals surface area contributed by atoms with E-state index < -0.39 is 11.7 Å². The Kier molecular flexibility index (Phi) is 6.83. The Morgan fingerprint density at radius 1 is 1.18 bits per heavy atom. The van der Waals surface area contributed by atoms with Crippen LogP contribution in [0.2, 0.25) is 0 Å². The maximum absolute atomic E-state index is 14.7. The lowest BCUT2D eigenvalue weighted by Gasteiger charge is -2.30. The molecule has 6 N–H and O–H groups in total. The van der Waals surface area contributed by atoms with Crippen molar-refractivity contribution in [2.24, 2.45) is 11.5 Å². The highest BCUT2D eigenvalue weighted by Gasteiger charge is 2.24. The average molecular weight is 454 g/mol. The lowest BCUT2D eigenvalue weighted by Crippen LogP contribution is -2.43. The minimum atomic E-state index is -0.789. The van der Waals surface area contributed by atoms with Crippen LogP contribution in [0.4, 0.5) is 21.7 Å². The summed E-state index contributed by atoms with van der Waals surface area (Å²) in [7, 11) is 0. The molecule has 0 saturated heterocycles. The number of amides is 1. The van der Waals surface area contributed by atoms with Gasteiger partial charge < -0.3 is 26.8 Å². The highest BCUT2D eigenvalue weighted by molar-refractivity contribution is 5.98. The number of carbonyl (C=O) groups is 1. The molecule has 4 rings (SSSR count). The molecule has 9 nitrogen and oxygen atoms in total.